The van der Waals surface area contributed by atoms with E-state index in [2.05, 4.69) is 27.7 Å². The zero-order chi connectivity index (χ0) is 9.26. The van der Waals surface area contributed by atoms with Gasteiger partial charge in [-0.05, 0) is 35.4 Å². The number of nitrogens with zero attached hydrogens (tertiary/aromatic N) is 2. The van der Waals surface area contributed by atoms with Gasteiger partial charge < -0.3 is 0 Å². The largest absolute Gasteiger partial charge is 0.296 e. The summed E-state index contributed by atoms with van der Waals surface area (Å²) in [5, 5.41) is 4.25. The highest BCUT2D eigenvalue weighted by atomic mass is 127. The summed E-state index contributed by atoms with van der Waals surface area (Å²) in [5.74, 6) is 0. The summed E-state index contributed by atoms with van der Waals surface area (Å²) in [6.07, 6.45) is 7.79. The van der Waals surface area contributed by atoms with Crippen LogP contribution in [0.15, 0.2) is 6.20 Å². The van der Waals surface area contributed by atoms with E-state index in [1.54, 1.807) is 0 Å². The molecule has 0 spiro atoms. The molecule has 0 saturated heterocycles. The second kappa shape index (κ2) is 3.77. The van der Waals surface area contributed by atoms with Crippen molar-refractivity contribution < 1.29 is 4.79 Å². The molecule has 1 aliphatic carbocycles. The number of hydrogen-bond donors (Lipinski definition) is 0. The zero-order valence-electron chi connectivity index (χ0n) is 7.24. The molecule has 70 valence electrons. The zero-order valence-corrected chi connectivity index (χ0v) is 9.40. The Balaban J connectivity index is 2.24. The van der Waals surface area contributed by atoms with E-state index in [0.717, 1.165) is 9.86 Å². The van der Waals surface area contributed by atoms with Crippen molar-refractivity contribution in [1.82, 2.24) is 9.78 Å². The van der Waals surface area contributed by atoms with Crippen molar-refractivity contribution >= 4 is 28.9 Å². The number of carbonyl (C=O) groups is 1. The Kier molecular flexibility index (Phi) is 2.66. The van der Waals surface area contributed by atoms with Crippen LogP contribution in [0.1, 0.15) is 42.2 Å². The Labute approximate surface area is 90.6 Å². The third-order valence-electron chi connectivity index (χ3n) is 2.52. The van der Waals surface area contributed by atoms with Crippen LogP contribution in [0.25, 0.3) is 0 Å². The molecule has 13 heavy (non-hydrogen) atoms. The summed E-state index contributed by atoms with van der Waals surface area (Å²) in [6, 6.07) is 0.530. The first-order valence-electron chi connectivity index (χ1n) is 4.51. The average Bonchev–Trinajstić information content (AvgIpc) is 2.71. The third-order valence-corrected chi connectivity index (χ3v) is 3.36. The van der Waals surface area contributed by atoms with Crippen molar-refractivity contribution in [2.24, 2.45) is 0 Å². The van der Waals surface area contributed by atoms with Gasteiger partial charge in [0.1, 0.15) is 5.69 Å². The van der Waals surface area contributed by atoms with Gasteiger partial charge in [-0.15, -0.1) is 0 Å². The molecule has 2 rings (SSSR count). The molecule has 1 fully saturated rings. The SMILES string of the molecule is O=Cc1nn(C2CCCC2)cc1I. The number of carbonyl (C=O) groups excluding carboxylic acids is 1. The van der Waals surface area contributed by atoms with Gasteiger partial charge in [-0.1, -0.05) is 12.8 Å². The fourth-order valence-corrected chi connectivity index (χ4v) is 2.34. The normalized spacial score (nSPS) is 17.9. The average molecular weight is 290 g/mol. The molecule has 0 amide bonds. The standard InChI is InChI=1S/C9H11IN2O/c10-8-5-12(11-9(8)6-13)7-3-1-2-4-7/h5-7H,1-4H2. The predicted molar refractivity (Wildman–Crippen MR) is 57.8 cm³/mol. The van der Waals surface area contributed by atoms with Crippen LogP contribution < -0.4 is 0 Å². The molecular formula is C9H11IN2O. The minimum Gasteiger partial charge on any atom is -0.296 e. The van der Waals surface area contributed by atoms with Crippen LogP contribution in [0.4, 0.5) is 0 Å². The highest BCUT2D eigenvalue weighted by Gasteiger charge is 2.18. The minimum absolute atomic E-state index is 0.530. The maximum Gasteiger partial charge on any atom is 0.171 e. The molecule has 0 aliphatic heterocycles. The van der Waals surface area contributed by atoms with Crippen molar-refractivity contribution in [3.63, 3.8) is 0 Å². The lowest BCUT2D eigenvalue weighted by molar-refractivity contribution is 0.111. The molecule has 0 N–H and O–H groups in total. The molecule has 0 aromatic carbocycles. The molecule has 1 aromatic rings. The smallest absolute Gasteiger partial charge is 0.171 e. The van der Waals surface area contributed by atoms with Crippen LogP contribution >= 0.6 is 22.6 Å². The van der Waals surface area contributed by atoms with Crippen LogP contribution in [0.3, 0.4) is 0 Å². The fourth-order valence-electron chi connectivity index (χ4n) is 1.82. The second-order valence-electron chi connectivity index (χ2n) is 3.40. The van der Waals surface area contributed by atoms with E-state index in [9.17, 15) is 4.79 Å². The van der Waals surface area contributed by atoms with Gasteiger partial charge in [0.25, 0.3) is 0 Å². The van der Waals surface area contributed by atoms with Gasteiger partial charge in [0.2, 0.25) is 0 Å². The lowest BCUT2D eigenvalue weighted by Gasteiger charge is -2.07. The summed E-state index contributed by atoms with van der Waals surface area (Å²) in [5.41, 5.74) is 0.576. The molecule has 1 heterocycles. The van der Waals surface area contributed by atoms with Gasteiger partial charge in [-0.3, -0.25) is 9.48 Å². The Morgan fingerprint density at radius 2 is 2.23 bits per heavy atom. The van der Waals surface area contributed by atoms with Gasteiger partial charge in [-0.25, -0.2) is 0 Å². The van der Waals surface area contributed by atoms with E-state index in [4.69, 9.17) is 0 Å². The molecule has 0 radical (unpaired) electrons. The van der Waals surface area contributed by atoms with E-state index in [0.29, 0.717) is 11.7 Å². The molecule has 0 unspecified atom stereocenters. The number of halogens is 1. The lowest BCUT2D eigenvalue weighted by Crippen LogP contribution is -2.05. The first-order valence-corrected chi connectivity index (χ1v) is 5.59. The Morgan fingerprint density at radius 3 is 2.77 bits per heavy atom. The molecule has 4 heteroatoms. The van der Waals surface area contributed by atoms with Crippen LogP contribution in [0.5, 0.6) is 0 Å². The molecule has 1 saturated carbocycles. The maximum atomic E-state index is 10.6. The number of aldehydes is 1. The van der Waals surface area contributed by atoms with Crippen molar-refractivity contribution in [1.29, 1.82) is 0 Å². The number of rotatable bonds is 2. The van der Waals surface area contributed by atoms with E-state index >= 15 is 0 Å². The second-order valence-corrected chi connectivity index (χ2v) is 4.56. The molecule has 1 aliphatic rings. The van der Waals surface area contributed by atoms with Gasteiger partial charge in [0.15, 0.2) is 6.29 Å². The topological polar surface area (TPSA) is 34.9 Å². The first-order chi connectivity index (χ1) is 6.31. The lowest BCUT2D eigenvalue weighted by atomic mass is 10.3. The van der Waals surface area contributed by atoms with Crippen LogP contribution in [-0.2, 0) is 0 Å². The van der Waals surface area contributed by atoms with Gasteiger partial charge >= 0.3 is 0 Å². The van der Waals surface area contributed by atoms with Crippen molar-refractivity contribution in [2.45, 2.75) is 31.7 Å². The van der Waals surface area contributed by atoms with Crippen LogP contribution in [0.2, 0.25) is 0 Å². The third kappa shape index (κ3) is 1.77. The first kappa shape index (κ1) is 9.18. The van der Waals surface area contributed by atoms with E-state index in [-0.39, 0.29) is 0 Å². The molecular weight excluding hydrogens is 279 g/mol. The Hall–Kier alpha value is -0.390. The fraction of sp³-hybridized carbons (Fsp3) is 0.556. The van der Waals surface area contributed by atoms with Crippen LogP contribution in [0, 0.1) is 3.57 Å². The summed E-state index contributed by atoms with van der Waals surface area (Å²) >= 11 is 2.15. The summed E-state index contributed by atoms with van der Waals surface area (Å²) in [4.78, 5) is 10.6. The summed E-state index contributed by atoms with van der Waals surface area (Å²) < 4.78 is 2.91. The predicted octanol–water partition coefficient (Wildman–Crippen LogP) is 2.42. The van der Waals surface area contributed by atoms with Crippen molar-refractivity contribution in [3.05, 3.63) is 15.5 Å². The highest BCUT2D eigenvalue weighted by molar-refractivity contribution is 14.1. The summed E-state index contributed by atoms with van der Waals surface area (Å²) in [6.45, 7) is 0. The molecule has 3 nitrogen and oxygen atoms in total. The van der Waals surface area contributed by atoms with Crippen LogP contribution in [-0.4, -0.2) is 16.1 Å². The Morgan fingerprint density at radius 1 is 1.54 bits per heavy atom. The maximum absolute atomic E-state index is 10.6. The van der Waals surface area contributed by atoms with Gasteiger partial charge in [0.05, 0.1) is 9.61 Å². The van der Waals surface area contributed by atoms with Crippen molar-refractivity contribution in [2.75, 3.05) is 0 Å². The molecule has 1 aromatic heterocycles. The minimum atomic E-state index is 0.530. The number of aromatic nitrogens is 2. The van der Waals surface area contributed by atoms with E-state index in [1.165, 1.54) is 25.7 Å². The van der Waals surface area contributed by atoms with E-state index < -0.39 is 0 Å². The quantitative estimate of drug-likeness (QED) is 0.619. The number of hydrogen-bond acceptors (Lipinski definition) is 2. The van der Waals surface area contributed by atoms with Crippen molar-refractivity contribution in [3.8, 4) is 0 Å². The van der Waals surface area contributed by atoms with E-state index in [1.807, 2.05) is 10.9 Å². The van der Waals surface area contributed by atoms with Gasteiger partial charge in [0, 0.05) is 6.20 Å². The molecule has 0 bridgehead atoms. The highest BCUT2D eigenvalue weighted by Crippen LogP contribution is 2.29. The summed E-state index contributed by atoms with van der Waals surface area (Å²) in [7, 11) is 0. The monoisotopic (exact) mass is 290 g/mol. The molecule has 0 atom stereocenters. The van der Waals surface area contributed by atoms with Gasteiger partial charge in [-0.2, -0.15) is 5.10 Å². The Bertz CT molecular complexity index is 315.